The Hall–Kier alpha value is -2.25. The minimum Gasteiger partial charge on any atom is -0.336 e. The van der Waals surface area contributed by atoms with Crippen molar-refractivity contribution in [1.82, 2.24) is 29.9 Å². The number of aryl methyl sites for hydroxylation is 2. The van der Waals surface area contributed by atoms with E-state index in [4.69, 9.17) is 0 Å². The van der Waals surface area contributed by atoms with Gasteiger partial charge in [0.15, 0.2) is 5.82 Å². The number of nitrogens with one attached hydrogen (secondary N) is 1. The number of rotatable bonds is 4. The van der Waals surface area contributed by atoms with Gasteiger partial charge in [0.25, 0.3) is 5.91 Å². The monoisotopic (exact) mass is 332 g/mol. The molecule has 1 aliphatic carbocycles. The number of alkyl halides is 1. The first-order chi connectivity index (χ1) is 11.6. The second-order valence-corrected chi connectivity index (χ2v) is 6.88. The molecule has 0 aromatic carbocycles. The van der Waals surface area contributed by atoms with E-state index in [0.29, 0.717) is 30.5 Å². The minimum atomic E-state index is -0.474. The predicted molar refractivity (Wildman–Crippen MR) is 84.4 cm³/mol. The number of likely N-dealkylation sites (tertiary alicyclic amines) is 1. The summed E-state index contributed by atoms with van der Waals surface area (Å²) in [7, 11) is 1.75. The van der Waals surface area contributed by atoms with Crippen LogP contribution in [0.25, 0.3) is 0 Å². The van der Waals surface area contributed by atoms with Gasteiger partial charge in [0.1, 0.15) is 11.5 Å². The number of amides is 1. The lowest BCUT2D eigenvalue weighted by molar-refractivity contribution is 0.0773. The number of hydrogen-bond acceptors (Lipinski definition) is 4. The molecule has 0 bridgehead atoms. The minimum absolute atomic E-state index is 0.110. The first-order valence-corrected chi connectivity index (χ1v) is 8.35. The van der Waals surface area contributed by atoms with Gasteiger partial charge in [-0.15, -0.1) is 0 Å². The zero-order valence-corrected chi connectivity index (χ0v) is 13.9. The third-order valence-electron chi connectivity index (χ3n) is 4.96. The Morgan fingerprint density at radius 1 is 1.42 bits per heavy atom. The van der Waals surface area contributed by atoms with Gasteiger partial charge in [-0.1, -0.05) is 0 Å². The molecule has 128 valence electrons. The van der Waals surface area contributed by atoms with Crippen LogP contribution in [0.2, 0.25) is 0 Å². The van der Waals surface area contributed by atoms with Gasteiger partial charge < -0.3 is 4.90 Å². The molecule has 1 N–H and O–H groups in total. The van der Waals surface area contributed by atoms with Crippen molar-refractivity contribution in [2.75, 3.05) is 19.8 Å². The summed E-state index contributed by atoms with van der Waals surface area (Å²) in [4.78, 5) is 19.0. The average molecular weight is 332 g/mol. The highest BCUT2D eigenvalue weighted by Crippen LogP contribution is 2.39. The largest absolute Gasteiger partial charge is 0.336 e. The molecular formula is C16H21FN6O. The molecule has 24 heavy (non-hydrogen) atoms. The van der Waals surface area contributed by atoms with Crippen molar-refractivity contribution in [2.45, 2.75) is 31.6 Å². The molecule has 2 aliphatic rings. The van der Waals surface area contributed by atoms with Crippen LogP contribution in [0.3, 0.4) is 0 Å². The number of nitrogens with zero attached hydrogens (tertiary/aromatic N) is 5. The topological polar surface area (TPSA) is 79.7 Å². The highest BCUT2D eigenvalue weighted by Gasteiger charge is 2.39. The molecule has 2 aromatic rings. The molecular weight excluding hydrogens is 311 g/mol. The number of aromatic nitrogens is 5. The van der Waals surface area contributed by atoms with Gasteiger partial charge in [-0.25, -0.2) is 4.98 Å². The van der Waals surface area contributed by atoms with Gasteiger partial charge in [0.2, 0.25) is 0 Å². The zero-order valence-electron chi connectivity index (χ0n) is 13.9. The van der Waals surface area contributed by atoms with Gasteiger partial charge in [-0.3, -0.25) is 19.0 Å². The molecule has 2 atom stereocenters. The van der Waals surface area contributed by atoms with Crippen LogP contribution in [0.1, 0.15) is 52.5 Å². The highest BCUT2D eigenvalue weighted by molar-refractivity contribution is 5.93. The average Bonchev–Trinajstić information content (AvgIpc) is 3.00. The number of carbonyl (C=O) groups excluding carboxylic acids is 1. The maximum atomic E-state index is 13.5. The summed E-state index contributed by atoms with van der Waals surface area (Å²) in [5.74, 6) is 1.50. The summed E-state index contributed by atoms with van der Waals surface area (Å²) in [6, 6.07) is 1.76. The molecule has 1 aliphatic heterocycles. The molecule has 7 nitrogen and oxygen atoms in total. The summed E-state index contributed by atoms with van der Waals surface area (Å²) < 4.78 is 15.1. The molecule has 2 fully saturated rings. The summed E-state index contributed by atoms with van der Waals surface area (Å²) in [5, 5.41) is 11.4. The van der Waals surface area contributed by atoms with Crippen molar-refractivity contribution >= 4 is 5.91 Å². The Labute approximate surface area is 139 Å². The van der Waals surface area contributed by atoms with Crippen LogP contribution < -0.4 is 0 Å². The van der Waals surface area contributed by atoms with E-state index in [-0.39, 0.29) is 17.7 Å². The molecule has 0 spiro atoms. The molecule has 1 amide bonds. The SMILES string of the molecule is Cc1cc(C(=O)N2C[C@@H](CF)[C@H](c3nc(C4CC4)n[nH]3)C2)n(C)n1. The van der Waals surface area contributed by atoms with Gasteiger partial charge in [-0.2, -0.15) is 10.2 Å². The molecule has 3 heterocycles. The van der Waals surface area contributed by atoms with Crippen LogP contribution in [-0.4, -0.2) is 55.5 Å². The second kappa shape index (κ2) is 5.68. The molecule has 1 saturated carbocycles. The van der Waals surface area contributed by atoms with Crippen LogP contribution in [0.4, 0.5) is 4.39 Å². The highest BCUT2D eigenvalue weighted by atomic mass is 19.1. The predicted octanol–water partition coefficient (Wildman–Crippen LogP) is 1.55. The van der Waals surface area contributed by atoms with Crippen molar-refractivity contribution in [1.29, 1.82) is 0 Å². The van der Waals surface area contributed by atoms with E-state index in [9.17, 15) is 9.18 Å². The second-order valence-electron chi connectivity index (χ2n) is 6.88. The van der Waals surface area contributed by atoms with Crippen LogP contribution >= 0.6 is 0 Å². The van der Waals surface area contributed by atoms with Crippen molar-refractivity contribution in [3.63, 3.8) is 0 Å². The normalized spacial score (nSPS) is 23.9. The molecule has 0 unspecified atom stereocenters. The Kier molecular flexibility index (Phi) is 3.62. The van der Waals surface area contributed by atoms with E-state index in [1.165, 1.54) is 0 Å². The molecule has 4 rings (SSSR count). The molecule has 1 saturated heterocycles. The lowest BCUT2D eigenvalue weighted by Gasteiger charge is -2.15. The van der Waals surface area contributed by atoms with E-state index >= 15 is 0 Å². The summed E-state index contributed by atoms with van der Waals surface area (Å²) in [6.45, 7) is 2.22. The van der Waals surface area contributed by atoms with Crippen molar-refractivity contribution in [2.24, 2.45) is 13.0 Å². The fourth-order valence-electron chi connectivity index (χ4n) is 3.45. The Morgan fingerprint density at radius 3 is 2.83 bits per heavy atom. The van der Waals surface area contributed by atoms with E-state index in [1.807, 2.05) is 6.92 Å². The van der Waals surface area contributed by atoms with E-state index in [1.54, 1.807) is 22.7 Å². The number of hydrogen-bond donors (Lipinski definition) is 1. The van der Waals surface area contributed by atoms with Gasteiger partial charge in [0, 0.05) is 37.9 Å². The summed E-state index contributed by atoms with van der Waals surface area (Å²) in [5.41, 5.74) is 1.32. The van der Waals surface area contributed by atoms with E-state index < -0.39 is 6.67 Å². The fraction of sp³-hybridized carbons (Fsp3) is 0.625. The third kappa shape index (κ3) is 2.59. The van der Waals surface area contributed by atoms with Crippen molar-refractivity contribution in [3.8, 4) is 0 Å². The summed E-state index contributed by atoms with van der Waals surface area (Å²) >= 11 is 0. The van der Waals surface area contributed by atoms with E-state index in [0.717, 1.165) is 24.4 Å². The lowest BCUT2D eigenvalue weighted by Crippen LogP contribution is -2.30. The standard InChI is InChI=1S/C16H21FN6O/c1-9-5-13(22(2)21-9)16(24)23-7-11(6-17)12(8-23)15-18-14(19-20-15)10-3-4-10/h5,10-12H,3-4,6-8H2,1-2H3,(H,18,19,20)/t11-,12-/m1/s1. The maximum absolute atomic E-state index is 13.5. The smallest absolute Gasteiger partial charge is 0.272 e. The fourth-order valence-corrected chi connectivity index (χ4v) is 3.45. The Balaban J connectivity index is 1.54. The van der Waals surface area contributed by atoms with Gasteiger partial charge in [-0.05, 0) is 25.8 Å². The van der Waals surface area contributed by atoms with Crippen LogP contribution in [-0.2, 0) is 7.05 Å². The van der Waals surface area contributed by atoms with Gasteiger partial charge >= 0.3 is 0 Å². The number of carbonyl (C=O) groups is 1. The quantitative estimate of drug-likeness (QED) is 0.921. The van der Waals surface area contributed by atoms with Crippen LogP contribution in [0.5, 0.6) is 0 Å². The molecule has 0 radical (unpaired) electrons. The van der Waals surface area contributed by atoms with E-state index in [2.05, 4.69) is 20.3 Å². The maximum Gasteiger partial charge on any atom is 0.272 e. The first-order valence-electron chi connectivity index (χ1n) is 8.35. The van der Waals surface area contributed by atoms with Gasteiger partial charge in [0.05, 0.1) is 12.4 Å². The Bertz CT molecular complexity index is 764. The Morgan fingerprint density at radius 2 is 2.21 bits per heavy atom. The lowest BCUT2D eigenvalue weighted by atomic mass is 9.97. The van der Waals surface area contributed by atoms with Crippen molar-refractivity contribution in [3.05, 3.63) is 29.1 Å². The van der Waals surface area contributed by atoms with Crippen LogP contribution in [0, 0.1) is 12.8 Å². The van der Waals surface area contributed by atoms with Crippen molar-refractivity contribution < 1.29 is 9.18 Å². The number of H-pyrrole nitrogens is 1. The zero-order chi connectivity index (χ0) is 16.8. The molecule has 8 heteroatoms. The molecule has 2 aromatic heterocycles. The number of halogens is 1. The van der Waals surface area contributed by atoms with Crippen LogP contribution in [0.15, 0.2) is 6.07 Å². The first kappa shape index (κ1) is 15.3. The third-order valence-corrected chi connectivity index (χ3v) is 4.96. The summed E-state index contributed by atoms with van der Waals surface area (Å²) in [6.07, 6.45) is 2.25. The number of aromatic amines is 1.